The summed E-state index contributed by atoms with van der Waals surface area (Å²) >= 11 is 0. The van der Waals surface area contributed by atoms with E-state index in [9.17, 15) is 4.21 Å². The zero-order valence-corrected chi connectivity index (χ0v) is 7.07. The first-order valence-electron chi connectivity index (χ1n) is 3.20. The Morgan fingerprint density at radius 1 is 1.70 bits per heavy atom. The lowest BCUT2D eigenvalue weighted by atomic mass is 10.2. The Morgan fingerprint density at radius 2 is 2.30 bits per heavy atom. The maximum absolute atomic E-state index is 11.4. The van der Waals surface area contributed by atoms with Gasteiger partial charge in [-0.15, -0.1) is 0 Å². The van der Waals surface area contributed by atoms with Gasteiger partial charge in [-0.3, -0.25) is 9.77 Å². The van der Waals surface area contributed by atoms with Crippen LogP contribution in [0, 0.1) is 4.78 Å². The first kappa shape index (κ1) is 7.72. The van der Waals surface area contributed by atoms with Crippen molar-refractivity contribution in [2.75, 3.05) is 12.3 Å². The molecule has 0 amide bonds. The molecule has 0 spiro atoms. The van der Waals surface area contributed by atoms with Gasteiger partial charge in [0.25, 0.3) is 0 Å². The summed E-state index contributed by atoms with van der Waals surface area (Å²) in [6, 6.07) is 0. The fraction of sp³-hybridized carbons (Fsp3) is 0.833. The number of rotatable bonds is 0. The van der Waals surface area contributed by atoms with Crippen LogP contribution in [-0.2, 0) is 9.73 Å². The average Bonchev–Trinajstić information content (AvgIpc) is 1.77. The van der Waals surface area contributed by atoms with Gasteiger partial charge in [-0.05, 0) is 13.8 Å². The van der Waals surface area contributed by atoms with Crippen LogP contribution < -0.4 is 0 Å². The third-order valence-corrected chi connectivity index (χ3v) is 4.34. The smallest absolute Gasteiger partial charge is 0.0680 e. The van der Waals surface area contributed by atoms with E-state index < -0.39 is 14.5 Å². The van der Waals surface area contributed by atoms with Gasteiger partial charge in [-0.2, -0.15) is 0 Å². The maximum Gasteiger partial charge on any atom is 0.0680 e. The molecule has 3 nitrogen and oxygen atoms in total. The molecule has 0 aromatic rings. The summed E-state index contributed by atoms with van der Waals surface area (Å²) in [6.07, 6.45) is 1.60. The summed E-state index contributed by atoms with van der Waals surface area (Å²) in [5.74, 6) is 0.319. The largest absolute Gasteiger partial charge is 0.295 e. The van der Waals surface area contributed by atoms with Crippen LogP contribution in [0.4, 0.5) is 0 Å². The third-order valence-electron chi connectivity index (χ3n) is 1.80. The Kier molecular flexibility index (Phi) is 1.58. The number of nitrogens with zero attached hydrogens (tertiary/aromatic N) is 1. The molecule has 0 fully saturated rings. The molecular weight excluding hydrogens is 148 g/mol. The van der Waals surface area contributed by atoms with E-state index in [4.69, 9.17) is 4.78 Å². The molecule has 0 aromatic carbocycles. The Morgan fingerprint density at radius 3 is 2.60 bits per heavy atom. The van der Waals surface area contributed by atoms with Crippen molar-refractivity contribution in [2.24, 2.45) is 4.99 Å². The molecule has 58 valence electrons. The minimum absolute atomic E-state index is 0.319. The second kappa shape index (κ2) is 2.05. The molecule has 0 aliphatic carbocycles. The van der Waals surface area contributed by atoms with E-state index in [0.29, 0.717) is 12.3 Å². The molecule has 0 aromatic heterocycles. The molecule has 1 heterocycles. The molecule has 1 N–H and O–H groups in total. The van der Waals surface area contributed by atoms with Gasteiger partial charge in [-0.1, -0.05) is 0 Å². The Bertz CT molecular complexity index is 251. The molecule has 10 heavy (non-hydrogen) atoms. The van der Waals surface area contributed by atoms with E-state index in [2.05, 4.69) is 4.99 Å². The predicted octanol–water partition coefficient (Wildman–Crippen LogP) is 0.896. The van der Waals surface area contributed by atoms with E-state index in [0.717, 1.165) is 0 Å². The van der Waals surface area contributed by atoms with Gasteiger partial charge in [-0.25, -0.2) is 4.21 Å². The zero-order valence-electron chi connectivity index (χ0n) is 6.26. The fourth-order valence-electron chi connectivity index (χ4n) is 0.772. The summed E-state index contributed by atoms with van der Waals surface area (Å²) in [7, 11) is -2.41. The molecule has 0 bridgehead atoms. The monoisotopic (exact) mass is 160 g/mol. The maximum atomic E-state index is 11.4. The van der Waals surface area contributed by atoms with Crippen molar-refractivity contribution in [1.29, 1.82) is 4.78 Å². The van der Waals surface area contributed by atoms with Crippen molar-refractivity contribution < 1.29 is 4.21 Å². The number of hydrogen-bond acceptors (Lipinski definition) is 3. The average molecular weight is 160 g/mol. The zero-order chi connectivity index (χ0) is 7.83. The second-order valence-corrected chi connectivity index (χ2v) is 5.91. The standard InChI is InChI=1S/C6H12N2OS/c1-6(2)5-8-3-4-10(6,7)9/h3,7H,4-5H2,1-2H3. The molecule has 1 aliphatic rings. The van der Waals surface area contributed by atoms with Gasteiger partial charge in [0.1, 0.15) is 0 Å². The highest BCUT2D eigenvalue weighted by Crippen LogP contribution is 2.20. The highest BCUT2D eigenvalue weighted by atomic mass is 32.2. The molecule has 1 unspecified atom stereocenters. The number of hydrogen-bond donors (Lipinski definition) is 1. The Balaban J connectivity index is 3.07. The van der Waals surface area contributed by atoms with E-state index in [-0.39, 0.29) is 0 Å². The fourth-order valence-corrected chi connectivity index (χ4v) is 1.82. The highest BCUT2D eigenvalue weighted by Gasteiger charge is 2.31. The lowest BCUT2D eigenvalue weighted by Gasteiger charge is -2.27. The molecular formula is C6H12N2OS. The van der Waals surface area contributed by atoms with Crippen molar-refractivity contribution >= 4 is 15.9 Å². The highest BCUT2D eigenvalue weighted by molar-refractivity contribution is 7.94. The van der Waals surface area contributed by atoms with Gasteiger partial charge < -0.3 is 0 Å². The number of aliphatic imine (C=N–C) groups is 1. The first-order chi connectivity index (χ1) is 4.46. The normalized spacial score (nSPS) is 37.8. The van der Waals surface area contributed by atoms with E-state index in [1.807, 2.05) is 13.8 Å². The quantitative estimate of drug-likeness (QED) is 0.562. The first-order valence-corrected chi connectivity index (χ1v) is 4.93. The van der Waals surface area contributed by atoms with Crippen LogP contribution in [-0.4, -0.2) is 27.5 Å². The lowest BCUT2D eigenvalue weighted by molar-refractivity contribution is 0.618. The van der Waals surface area contributed by atoms with Gasteiger partial charge in [0.05, 0.1) is 26.8 Å². The molecule has 4 heteroatoms. The van der Waals surface area contributed by atoms with E-state index >= 15 is 0 Å². The van der Waals surface area contributed by atoms with Crippen molar-refractivity contribution in [3.63, 3.8) is 0 Å². The lowest BCUT2D eigenvalue weighted by Crippen LogP contribution is -2.39. The van der Waals surface area contributed by atoms with E-state index in [1.165, 1.54) is 0 Å². The molecule has 0 radical (unpaired) electrons. The third kappa shape index (κ3) is 1.08. The summed E-state index contributed by atoms with van der Waals surface area (Å²) in [6.45, 7) is 4.19. The van der Waals surface area contributed by atoms with Crippen LogP contribution in [0.5, 0.6) is 0 Å². The van der Waals surface area contributed by atoms with Crippen LogP contribution in [0.15, 0.2) is 4.99 Å². The number of nitrogens with one attached hydrogen (secondary N) is 1. The van der Waals surface area contributed by atoms with Gasteiger partial charge >= 0.3 is 0 Å². The van der Waals surface area contributed by atoms with Crippen LogP contribution >= 0.6 is 0 Å². The SMILES string of the molecule is CC1(C)CN=CCS1(=N)=O. The molecule has 1 rings (SSSR count). The van der Waals surface area contributed by atoms with Crippen molar-refractivity contribution in [2.45, 2.75) is 18.6 Å². The van der Waals surface area contributed by atoms with Crippen molar-refractivity contribution in [3.05, 3.63) is 0 Å². The van der Waals surface area contributed by atoms with Gasteiger partial charge in [0.15, 0.2) is 0 Å². The molecule has 0 saturated carbocycles. The van der Waals surface area contributed by atoms with Crippen LogP contribution in [0.25, 0.3) is 0 Å². The minimum Gasteiger partial charge on any atom is -0.295 e. The van der Waals surface area contributed by atoms with Gasteiger partial charge in [0.2, 0.25) is 0 Å². The van der Waals surface area contributed by atoms with Crippen molar-refractivity contribution in [1.82, 2.24) is 0 Å². The summed E-state index contributed by atoms with van der Waals surface area (Å²) in [5, 5.41) is 0. The van der Waals surface area contributed by atoms with Gasteiger partial charge in [0, 0.05) is 6.21 Å². The van der Waals surface area contributed by atoms with Crippen molar-refractivity contribution in [3.8, 4) is 0 Å². The molecule has 1 atom stereocenters. The Hall–Kier alpha value is -0.380. The van der Waals surface area contributed by atoms with Crippen LogP contribution in [0.2, 0.25) is 0 Å². The van der Waals surface area contributed by atoms with E-state index in [1.54, 1.807) is 6.21 Å². The minimum atomic E-state index is -2.41. The summed E-state index contributed by atoms with van der Waals surface area (Å²) in [5.41, 5.74) is 0. The molecule has 0 saturated heterocycles. The predicted molar refractivity (Wildman–Crippen MR) is 43.2 cm³/mol. The second-order valence-electron chi connectivity index (χ2n) is 3.12. The van der Waals surface area contributed by atoms with Crippen LogP contribution in [0.1, 0.15) is 13.8 Å². The Labute approximate surface area is 61.5 Å². The van der Waals surface area contributed by atoms with Crippen LogP contribution in [0.3, 0.4) is 0 Å². The summed E-state index contributed by atoms with van der Waals surface area (Å²) < 4.78 is 18.5. The topological polar surface area (TPSA) is 53.3 Å². The molecule has 1 aliphatic heterocycles. The summed E-state index contributed by atoms with van der Waals surface area (Å²) in [4.78, 5) is 4.00.